The van der Waals surface area contributed by atoms with Crippen molar-refractivity contribution in [3.63, 3.8) is 0 Å². The van der Waals surface area contributed by atoms with Crippen LogP contribution in [-0.2, 0) is 9.59 Å². The number of benzene rings is 2. The SMILES string of the molecule is COc1ccccc1C=CC(=O)NCC(=O)NN=Cc1ccccc1. The van der Waals surface area contributed by atoms with E-state index >= 15 is 0 Å². The maximum atomic E-state index is 11.8. The molecule has 0 saturated carbocycles. The van der Waals surface area contributed by atoms with E-state index in [4.69, 9.17) is 4.74 Å². The van der Waals surface area contributed by atoms with Crippen molar-refractivity contribution in [3.8, 4) is 5.75 Å². The number of methoxy groups -OCH3 is 1. The lowest BCUT2D eigenvalue weighted by molar-refractivity contribution is -0.123. The number of para-hydroxylation sites is 1. The summed E-state index contributed by atoms with van der Waals surface area (Å²) < 4.78 is 5.19. The van der Waals surface area contributed by atoms with Crippen molar-refractivity contribution >= 4 is 24.1 Å². The molecule has 6 heteroatoms. The molecular formula is C19H19N3O3. The third-order valence-corrected chi connectivity index (χ3v) is 3.18. The molecule has 0 radical (unpaired) electrons. The Balaban J connectivity index is 1.76. The maximum Gasteiger partial charge on any atom is 0.259 e. The number of amides is 2. The molecule has 0 aliphatic heterocycles. The number of carbonyl (C=O) groups excluding carboxylic acids is 2. The molecular weight excluding hydrogens is 318 g/mol. The maximum absolute atomic E-state index is 11.8. The van der Waals surface area contributed by atoms with Gasteiger partial charge in [-0.25, -0.2) is 5.43 Å². The first kappa shape index (κ1) is 17.9. The van der Waals surface area contributed by atoms with Crippen LogP contribution in [0.5, 0.6) is 5.75 Å². The zero-order chi connectivity index (χ0) is 17.9. The molecule has 0 atom stereocenters. The molecule has 0 aliphatic carbocycles. The standard InChI is InChI=1S/C19H19N3O3/c1-25-17-10-6-5-9-16(17)11-12-18(23)20-14-19(24)22-21-13-15-7-3-2-4-8-15/h2-13H,14H2,1H3,(H,20,23)(H,22,24). The Hall–Kier alpha value is -3.41. The van der Waals surface area contributed by atoms with Crippen molar-refractivity contribution in [2.45, 2.75) is 0 Å². The Labute approximate surface area is 146 Å². The van der Waals surface area contributed by atoms with E-state index in [-0.39, 0.29) is 12.5 Å². The summed E-state index contributed by atoms with van der Waals surface area (Å²) in [4.78, 5) is 23.4. The molecule has 2 aromatic carbocycles. The summed E-state index contributed by atoms with van der Waals surface area (Å²) in [5.41, 5.74) is 3.99. The van der Waals surface area contributed by atoms with Gasteiger partial charge in [-0.2, -0.15) is 5.10 Å². The van der Waals surface area contributed by atoms with Gasteiger partial charge in [0.2, 0.25) is 5.91 Å². The topological polar surface area (TPSA) is 79.8 Å². The number of nitrogens with zero attached hydrogens (tertiary/aromatic N) is 1. The first-order valence-electron chi connectivity index (χ1n) is 7.65. The Bertz CT molecular complexity index is 770. The van der Waals surface area contributed by atoms with E-state index in [1.807, 2.05) is 48.5 Å². The Kier molecular flexibility index (Phi) is 6.94. The lowest BCUT2D eigenvalue weighted by atomic mass is 10.2. The van der Waals surface area contributed by atoms with E-state index < -0.39 is 5.91 Å². The third kappa shape index (κ3) is 6.31. The van der Waals surface area contributed by atoms with Crippen LogP contribution in [0, 0.1) is 0 Å². The van der Waals surface area contributed by atoms with E-state index in [0.29, 0.717) is 5.75 Å². The third-order valence-electron chi connectivity index (χ3n) is 3.18. The molecule has 0 spiro atoms. The largest absolute Gasteiger partial charge is 0.496 e. The number of rotatable bonds is 7. The Morgan fingerprint density at radius 3 is 2.56 bits per heavy atom. The summed E-state index contributed by atoms with van der Waals surface area (Å²) in [6.45, 7) is -0.165. The lowest BCUT2D eigenvalue weighted by Crippen LogP contribution is -2.34. The first-order chi connectivity index (χ1) is 12.2. The molecule has 25 heavy (non-hydrogen) atoms. The van der Waals surface area contributed by atoms with Gasteiger partial charge >= 0.3 is 0 Å². The molecule has 0 fully saturated rings. The number of ether oxygens (including phenoxy) is 1. The van der Waals surface area contributed by atoms with Gasteiger partial charge < -0.3 is 10.1 Å². The second kappa shape index (κ2) is 9.67. The highest BCUT2D eigenvalue weighted by Gasteiger charge is 2.02. The fourth-order valence-electron chi connectivity index (χ4n) is 1.95. The molecule has 128 valence electrons. The fraction of sp³-hybridized carbons (Fsp3) is 0.105. The summed E-state index contributed by atoms with van der Waals surface area (Å²) in [5, 5.41) is 6.31. The predicted octanol–water partition coefficient (Wildman–Crippen LogP) is 1.97. The van der Waals surface area contributed by atoms with Crippen LogP contribution in [0.25, 0.3) is 6.08 Å². The van der Waals surface area contributed by atoms with Gasteiger partial charge in [-0.05, 0) is 17.7 Å². The van der Waals surface area contributed by atoms with Crippen molar-refractivity contribution in [2.24, 2.45) is 5.10 Å². The molecule has 0 aromatic heterocycles. The van der Waals surface area contributed by atoms with Crippen LogP contribution in [0.2, 0.25) is 0 Å². The van der Waals surface area contributed by atoms with Gasteiger partial charge in [-0.15, -0.1) is 0 Å². The summed E-state index contributed by atoms with van der Waals surface area (Å²) >= 11 is 0. The van der Waals surface area contributed by atoms with Gasteiger partial charge in [0.25, 0.3) is 5.91 Å². The summed E-state index contributed by atoms with van der Waals surface area (Å²) in [6, 6.07) is 16.7. The molecule has 2 rings (SSSR count). The zero-order valence-electron chi connectivity index (χ0n) is 13.8. The predicted molar refractivity (Wildman–Crippen MR) is 97.2 cm³/mol. The number of hydrazone groups is 1. The molecule has 0 saturated heterocycles. The van der Waals surface area contributed by atoms with E-state index in [2.05, 4.69) is 15.8 Å². The molecule has 0 heterocycles. The highest BCUT2D eigenvalue weighted by atomic mass is 16.5. The van der Waals surface area contributed by atoms with Crippen LogP contribution in [0.15, 0.2) is 65.8 Å². The number of hydrogen-bond acceptors (Lipinski definition) is 4. The summed E-state index contributed by atoms with van der Waals surface area (Å²) in [5.74, 6) is -0.126. The van der Waals surface area contributed by atoms with Crippen molar-refractivity contribution in [3.05, 3.63) is 71.8 Å². The average Bonchev–Trinajstić information content (AvgIpc) is 2.65. The van der Waals surface area contributed by atoms with Crippen LogP contribution in [0.1, 0.15) is 11.1 Å². The molecule has 2 N–H and O–H groups in total. The fourth-order valence-corrected chi connectivity index (χ4v) is 1.95. The van der Waals surface area contributed by atoms with E-state index in [9.17, 15) is 9.59 Å². The van der Waals surface area contributed by atoms with Crippen LogP contribution in [0.3, 0.4) is 0 Å². The van der Waals surface area contributed by atoms with Crippen LogP contribution in [-0.4, -0.2) is 31.7 Å². The second-order valence-electron chi connectivity index (χ2n) is 5.00. The van der Waals surface area contributed by atoms with Gasteiger partial charge in [-0.3, -0.25) is 9.59 Å². The van der Waals surface area contributed by atoms with Crippen LogP contribution in [0.4, 0.5) is 0 Å². The molecule has 2 amide bonds. The Morgan fingerprint density at radius 2 is 1.80 bits per heavy atom. The molecule has 0 aliphatic rings. The highest BCUT2D eigenvalue weighted by molar-refractivity contribution is 5.94. The van der Waals surface area contributed by atoms with Gasteiger partial charge in [0.05, 0.1) is 19.9 Å². The van der Waals surface area contributed by atoms with Gasteiger partial charge in [0.1, 0.15) is 5.75 Å². The minimum absolute atomic E-state index is 0.165. The number of nitrogens with one attached hydrogen (secondary N) is 2. The zero-order valence-corrected chi connectivity index (χ0v) is 13.8. The van der Waals surface area contributed by atoms with E-state index in [1.54, 1.807) is 19.3 Å². The second-order valence-corrected chi connectivity index (χ2v) is 5.00. The smallest absolute Gasteiger partial charge is 0.259 e. The van der Waals surface area contributed by atoms with Crippen molar-refractivity contribution < 1.29 is 14.3 Å². The average molecular weight is 337 g/mol. The molecule has 0 bridgehead atoms. The van der Waals surface area contributed by atoms with Crippen LogP contribution < -0.4 is 15.5 Å². The Morgan fingerprint density at radius 1 is 1.08 bits per heavy atom. The van der Waals surface area contributed by atoms with Gasteiger partial charge in [-0.1, -0.05) is 48.5 Å². The minimum atomic E-state index is -0.411. The molecule has 6 nitrogen and oxygen atoms in total. The summed E-state index contributed by atoms with van der Waals surface area (Å²) in [7, 11) is 1.56. The normalized spacial score (nSPS) is 10.8. The quantitative estimate of drug-likeness (QED) is 0.460. The van der Waals surface area contributed by atoms with E-state index in [1.165, 1.54) is 12.3 Å². The first-order valence-corrected chi connectivity index (χ1v) is 7.65. The highest BCUT2D eigenvalue weighted by Crippen LogP contribution is 2.18. The van der Waals surface area contributed by atoms with Crippen molar-refractivity contribution in [1.29, 1.82) is 0 Å². The molecule has 2 aromatic rings. The summed E-state index contributed by atoms with van der Waals surface area (Å²) in [6.07, 6.45) is 4.50. The monoisotopic (exact) mass is 337 g/mol. The molecule has 0 unspecified atom stereocenters. The van der Waals surface area contributed by atoms with Crippen LogP contribution >= 0.6 is 0 Å². The van der Waals surface area contributed by atoms with E-state index in [0.717, 1.165) is 11.1 Å². The van der Waals surface area contributed by atoms with Gasteiger partial charge in [0, 0.05) is 11.6 Å². The van der Waals surface area contributed by atoms with Crippen molar-refractivity contribution in [1.82, 2.24) is 10.7 Å². The number of hydrogen-bond donors (Lipinski definition) is 2. The minimum Gasteiger partial charge on any atom is -0.496 e. The number of carbonyl (C=O) groups is 2. The van der Waals surface area contributed by atoms with Crippen molar-refractivity contribution in [2.75, 3.05) is 13.7 Å². The lowest BCUT2D eigenvalue weighted by Gasteiger charge is -2.04. The van der Waals surface area contributed by atoms with Gasteiger partial charge in [0.15, 0.2) is 0 Å².